The topological polar surface area (TPSA) is 66.4 Å². The third-order valence-electron chi connectivity index (χ3n) is 6.71. The molecule has 0 atom stereocenters. The molecule has 0 bridgehead atoms. The van der Waals surface area contributed by atoms with Crippen LogP contribution in [0.5, 0.6) is 0 Å². The minimum Gasteiger partial charge on any atom is -0.478 e. The standard InChI is InChI=1S/C32H23NO3S2/c34-31(33-17-20-5-9-23(10-6-20)32(35)36)28-15-26(25-11-12-37-18-25)16-29-30(28)27(19-38-29)14-21-7-8-22-3-1-2-4-24(22)13-21/h1-13,15-16,18-19H,14,17H2,(H,33,34)(H,35,36). The number of carbonyl (C=O) groups is 2. The van der Waals surface area contributed by atoms with Crippen LogP contribution in [-0.2, 0) is 13.0 Å². The number of amides is 1. The first-order chi connectivity index (χ1) is 18.5. The molecule has 2 heterocycles. The third kappa shape index (κ3) is 4.84. The number of benzene rings is 4. The van der Waals surface area contributed by atoms with Crippen LogP contribution in [0, 0.1) is 0 Å². The Morgan fingerprint density at radius 1 is 0.789 bits per heavy atom. The fourth-order valence-electron chi connectivity index (χ4n) is 4.75. The maximum atomic E-state index is 13.6. The van der Waals surface area contributed by atoms with Gasteiger partial charge in [0.25, 0.3) is 5.91 Å². The second-order valence-electron chi connectivity index (χ2n) is 9.21. The molecule has 6 aromatic rings. The number of nitrogens with one attached hydrogen (secondary N) is 1. The van der Waals surface area contributed by atoms with Crippen LogP contribution in [-0.4, -0.2) is 17.0 Å². The van der Waals surface area contributed by atoms with Crippen molar-refractivity contribution in [3.63, 3.8) is 0 Å². The fourth-order valence-corrected chi connectivity index (χ4v) is 6.44. The largest absolute Gasteiger partial charge is 0.478 e. The molecule has 4 nitrogen and oxygen atoms in total. The smallest absolute Gasteiger partial charge is 0.335 e. The van der Waals surface area contributed by atoms with Crippen molar-refractivity contribution in [1.29, 1.82) is 0 Å². The number of carboxylic acid groups (broad SMARTS) is 1. The van der Waals surface area contributed by atoms with Gasteiger partial charge in [-0.15, -0.1) is 11.3 Å². The van der Waals surface area contributed by atoms with E-state index < -0.39 is 5.97 Å². The molecule has 0 unspecified atom stereocenters. The second kappa shape index (κ2) is 10.2. The van der Waals surface area contributed by atoms with Gasteiger partial charge in [0.15, 0.2) is 0 Å². The molecule has 0 spiro atoms. The Kier molecular flexibility index (Phi) is 6.50. The molecule has 0 saturated carbocycles. The summed E-state index contributed by atoms with van der Waals surface area (Å²) in [5.74, 6) is -1.11. The normalized spacial score (nSPS) is 11.2. The average Bonchev–Trinajstić information content (AvgIpc) is 3.62. The van der Waals surface area contributed by atoms with Crippen molar-refractivity contribution in [3.8, 4) is 11.1 Å². The van der Waals surface area contributed by atoms with Gasteiger partial charge >= 0.3 is 5.97 Å². The molecule has 0 aliphatic heterocycles. The third-order valence-corrected chi connectivity index (χ3v) is 8.37. The van der Waals surface area contributed by atoms with Gasteiger partial charge in [-0.25, -0.2) is 4.79 Å². The van der Waals surface area contributed by atoms with E-state index in [0.717, 1.165) is 38.8 Å². The molecule has 186 valence electrons. The molecular formula is C32H23NO3S2. The summed E-state index contributed by atoms with van der Waals surface area (Å²) < 4.78 is 1.08. The summed E-state index contributed by atoms with van der Waals surface area (Å²) in [6, 6.07) is 27.7. The fraction of sp³-hybridized carbons (Fsp3) is 0.0625. The summed E-state index contributed by atoms with van der Waals surface area (Å²) >= 11 is 3.30. The number of thiophene rings is 2. The SMILES string of the molecule is O=C(O)c1ccc(CNC(=O)c2cc(-c3ccsc3)cc3scc(Cc4ccc5ccccc5c4)c23)cc1. The van der Waals surface area contributed by atoms with E-state index in [1.54, 1.807) is 46.9 Å². The number of carboxylic acids is 1. The lowest BCUT2D eigenvalue weighted by Crippen LogP contribution is -2.23. The van der Waals surface area contributed by atoms with Gasteiger partial charge in [0.1, 0.15) is 0 Å². The Balaban J connectivity index is 1.35. The summed E-state index contributed by atoms with van der Waals surface area (Å²) in [6.07, 6.45) is 0.736. The first kappa shape index (κ1) is 24.1. The van der Waals surface area contributed by atoms with Crippen LogP contribution in [0.25, 0.3) is 32.0 Å². The van der Waals surface area contributed by atoms with Gasteiger partial charge in [-0.1, -0.05) is 54.6 Å². The molecule has 38 heavy (non-hydrogen) atoms. The van der Waals surface area contributed by atoms with E-state index in [-0.39, 0.29) is 11.5 Å². The lowest BCUT2D eigenvalue weighted by molar-refractivity contribution is 0.0696. The van der Waals surface area contributed by atoms with E-state index in [9.17, 15) is 9.59 Å². The van der Waals surface area contributed by atoms with Crippen molar-refractivity contribution in [1.82, 2.24) is 5.32 Å². The van der Waals surface area contributed by atoms with Crippen LogP contribution < -0.4 is 5.32 Å². The molecule has 6 rings (SSSR count). The van der Waals surface area contributed by atoms with Gasteiger partial charge in [-0.05, 0) is 91.5 Å². The Labute approximate surface area is 227 Å². The summed E-state index contributed by atoms with van der Waals surface area (Å²) in [5, 5.41) is 21.9. The van der Waals surface area contributed by atoms with Crippen LogP contribution >= 0.6 is 22.7 Å². The van der Waals surface area contributed by atoms with E-state index in [2.05, 4.69) is 64.6 Å². The highest BCUT2D eigenvalue weighted by molar-refractivity contribution is 7.17. The van der Waals surface area contributed by atoms with E-state index >= 15 is 0 Å². The number of hydrogen-bond donors (Lipinski definition) is 2. The van der Waals surface area contributed by atoms with E-state index in [1.165, 1.54) is 16.3 Å². The monoisotopic (exact) mass is 533 g/mol. The van der Waals surface area contributed by atoms with E-state index in [1.807, 2.05) is 17.5 Å². The van der Waals surface area contributed by atoms with Crippen LogP contribution in [0.15, 0.2) is 101 Å². The average molecular weight is 534 g/mol. The Bertz CT molecular complexity index is 1780. The van der Waals surface area contributed by atoms with E-state index in [0.29, 0.717) is 12.1 Å². The predicted octanol–water partition coefficient (Wildman–Crippen LogP) is 8.00. The number of aromatic carboxylic acids is 1. The highest BCUT2D eigenvalue weighted by Gasteiger charge is 2.18. The molecule has 4 aromatic carbocycles. The summed E-state index contributed by atoms with van der Waals surface area (Å²) in [5.41, 5.74) is 6.18. The number of rotatable bonds is 7. The van der Waals surface area contributed by atoms with Gasteiger partial charge < -0.3 is 10.4 Å². The van der Waals surface area contributed by atoms with Gasteiger partial charge in [0.05, 0.1) is 5.56 Å². The Morgan fingerprint density at radius 3 is 2.34 bits per heavy atom. The van der Waals surface area contributed by atoms with Gasteiger partial charge in [-0.3, -0.25) is 4.79 Å². The Hall–Kier alpha value is -4.26. The summed E-state index contributed by atoms with van der Waals surface area (Å²) in [6.45, 7) is 0.313. The zero-order chi connectivity index (χ0) is 26.1. The zero-order valence-corrected chi connectivity index (χ0v) is 21.9. The van der Waals surface area contributed by atoms with Crippen molar-refractivity contribution in [2.24, 2.45) is 0 Å². The summed E-state index contributed by atoms with van der Waals surface area (Å²) in [7, 11) is 0. The molecule has 0 radical (unpaired) electrons. The van der Waals surface area contributed by atoms with Crippen LogP contribution in [0.1, 0.15) is 37.4 Å². The number of hydrogen-bond acceptors (Lipinski definition) is 4. The second-order valence-corrected chi connectivity index (χ2v) is 10.9. The van der Waals surface area contributed by atoms with Crippen molar-refractivity contribution in [3.05, 3.63) is 129 Å². The molecule has 6 heteroatoms. The Morgan fingerprint density at radius 2 is 1.58 bits per heavy atom. The molecule has 0 fully saturated rings. The maximum Gasteiger partial charge on any atom is 0.335 e. The van der Waals surface area contributed by atoms with Crippen molar-refractivity contribution in [2.45, 2.75) is 13.0 Å². The molecular weight excluding hydrogens is 510 g/mol. The van der Waals surface area contributed by atoms with Crippen molar-refractivity contribution in [2.75, 3.05) is 0 Å². The highest BCUT2D eigenvalue weighted by Crippen LogP contribution is 2.36. The highest BCUT2D eigenvalue weighted by atomic mass is 32.1. The van der Waals surface area contributed by atoms with E-state index in [4.69, 9.17) is 5.11 Å². The van der Waals surface area contributed by atoms with Gasteiger partial charge in [-0.2, -0.15) is 11.3 Å². The van der Waals surface area contributed by atoms with Crippen LogP contribution in [0.3, 0.4) is 0 Å². The van der Waals surface area contributed by atoms with Crippen LogP contribution in [0.2, 0.25) is 0 Å². The van der Waals surface area contributed by atoms with Gasteiger partial charge in [0, 0.05) is 22.2 Å². The molecule has 0 aliphatic carbocycles. The van der Waals surface area contributed by atoms with Crippen LogP contribution in [0.4, 0.5) is 0 Å². The maximum absolute atomic E-state index is 13.6. The summed E-state index contributed by atoms with van der Waals surface area (Å²) in [4.78, 5) is 24.8. The lowest BCUT2D eigenvalue weighted by atomic mass is 9.96. The molecule has 2 N–H and O–H groups in total. The minimum atomic E-state index is -0.968. The van der Waals surface area contributed by atoms with Crippen molar-refractivity contribution >= 4 is 55.4 Å². The first-order valence-electron chi connectivity index (χ1n) is 12.2. The molecule has 0 aliphatic rings. The predicted molar refractivity (Wildman–Crippen MR) is 156 cm³/mol. The molecule has 2 aromatic heterocycles. The first-order valence-corrected chi connectivity index (χ1v) is 14.0. The number of fused-ring (bicyclic) bond motifs is 2. The van der Waals surface area contributed by atoms with Crippen molar-refractivity contribution < 1.29 is 14.7 Å². The number of carbonyl (C=O) groups excluding carboxylic acids is 1. The lowest BCUT2D eigenvalue weighted by Gasteiger charge is -2.11. The van der Waals surface area contributed by atoms with Gasteiger partial charge in [0.2, 0.25) is 0 Å². The quantitative estimate of drug-likeness (QED) is 0.218. The molecule has 0 saturated heterocycles. The molecule has 1 amide bonds. The zero-order valence-electron chi connectivity index (χ0n) is 20.3. The minimum absolute atomic E-state index is 0.146.